The first-order valence-electron chi connectivity index (χ1n) is 12.4. The Bertz CT molecular complexity index is 1560. The maximum atomic E-state index is 15.1. The highest BCUT2D eigenvalue weighted by Crippen LogP contribution is 2.39. The molecule has 3 aromatic carbocycles. The van der Waals surface area contributed by atoms with Crippen molar-refractivity contribution in [1.29, 1.82) is 0 Å². The number of hydrogen-bond donors (Lipinski definition) is 2. The van der Waals surface area contributed by atoms with Gasteiger partial charge in [0.25, 0.3) is 0 Å². The van der Waals surface area contributed by atoms with E-state index in [0.717, 1.165) is 29.5 Å². The number of hydrogen-bond acceptors (Lipinski definition) is 5. The predicted molar refractivity (Wildman–Crippen MR) is 148 cm³/mol. The highest BCUT2D eigenvalue weighted by Gasteiger charge is 2.37. The van der Waals surface area contributed by atoms with Crippen LogP contribution >= 0.6 is 11.6 Å². The zero-order valence-corrected chi connectivity index (χ0v) is 21.4. The van der Waals surface area contributed by atoms with Gasteiger partial charge in [0.15, 0.2) is 11.6 Å². The molecule has 1 aliphatic heterocycles. The van der Waals surface area contributed by atoms with Gasteiger partial charge in [-0.2, -0.15) is 0 Å². The van der Waals surface area contributed by atoms with Crippen LogP contribution in [0, 0.1) is 5.82 Å². The highest BCUT2D eigenvalue weighted by atomic mass is 35.5. The number of halogens is 2. The molecule has 7 nitrogen and oxygen atoms in total. The van der Waals surface area contributed by atoms with Gasteiger partial charge in [-0.25, -0.2) is 9.18 Å². The second-order valence-corrected chi connectivity index (χ2v) is 10.1. The molecule has 0 saturated heterocycles. The number of amides is 2. The second kappa shape index (κ2) is 9.61. The predicted octanol–water partition coefficient (Wildman–Crippen LogP) is 6.87. The van der Waals surface area contributed by atoms with Gasteiger partial charge in [0.05, 0.1) is 29.6 Å². The lowest BCUT2D eigenvalue weighted by atomic mass is 9.89. The molecule has 2 heterocycles. The van der Waals surface area contributed by atoms with Crippen molar-refractivity contribution in [2.75, 3.05) is 16.8 Å². The van der Waals surface area contributed by atoms with Crippen LogP contribution in [0.4, 0.5) is 20.6 Å². The van der Waals surface area contributed by atoms with Crippen LogP contribution in [0.15, 0.2) is 77.9 Å². The Morgan fingerprint density at radius 2 is 1.92 bits per heavy atom. The Morgan fingerprint density at radius 3 is 2.71 bits per heavy atom. The number of carbonyl (C=O) groups excluding carboxylic acids is 1. The van der Waals surface area contributed by atoms with Crippen LogP contribution in [-0.4, -0.2) is 29.9 Å². The van der Waals surface area contributed by atoms with Crippen molar-refractivity contribution in [1.82, 2.24) is 10.3 Å². The number of pyridine rings is 1. The lowest BCUT2D eigenvalue weighted by Gasteiger charge is -2.35. The molecule has 0 radical (unpaired) electrons. The lowest BCUT2D eigenvalue weighted by molar-refractivity contribution is 0.251. The minimum atomic E-state index is -0.758. The molecule has 1 atom stereocenters. The second-order valence-electron chi connectivity index (χ2n) is 9.69. The molecule has 1 aromatic heterocycles. The molecular formula is C29H25ClFN5O2. The first kappa shape index (κ1) is 24.2. The van der Waals surface area contributed by atoms with Crippen LogP contribution in [0.5, 0.6) is 11.5 Å². The molecule has 4 aromatic rings. The molecule has 1 saturated carbocycles. The number of aromatic nitrogens is 1. The van der Waals surface area contributed by atoms with Crippen molar-refractivity contribution >= 4 is 46.2 Å². The quantitative estimate of drug-likeness (QED) is 0.286. The van der Waals surface area contributed by atoms with Crippen LogP contribution in [0.1, 0.15) is 25.3 Å². The molecule has 0 spiro atoms. The Balaban J connectivity index is 1.27. The van der Waals surface area contributed by atoms with Crippen molar-refractivity contribution in [3.05, 3.63) is 89.3 Å². The normalized spacial score (nSPS) is 18.6. The van der Waals surface area contributed by atoms with Gasteiger partial charge < -0.3 is 20.3 Å². The monoisotopic (exact) mass is 529 g/mol. The van der Waals surface area contributed by atoms with E-state index in [-0.39, 0.29) is 28.0 Å². The molecule has 2 N–H and O–H groups in total. The van der Waals surface area contributed by atoms with Gasteiger partial charge >= 0.3 is 6.03 Å². The number of urea groups is 1. The molecule has 192 valence electrons. The number of nitrogens with one attached hydrogen (secondary N) is 2. The van der Waals surface area contributed by atoms with E-state index in [4.69, 9.17) is 16.3 Å². The van der Waals surface area contributed by atoms with E-state index in [1.807, 2.05) is 42.7 Å². The minimum absolute atomic E-state index is 0.0499. The summed E-state index contributed by atoms with van der Waals surface area (Å²) in [5.41, 5.74) is 2.60. The molecule has 1 unspecified atom stereocenters. The van der Waals surface area contributed by atoms with Crippen molar-refractivity contribution in [3.63, 3.8) is 0 Å². The zero-order valence-electron chi connectivity index (χ0n) is 20.6. The topological polar surface area (TPSA) is 78.8 Å². The number of anilines is 2. The van der Waals surface area contributed by atoms with Crippen LogP contribution in [0.2, 0.25) is 5.02 Å². The third kappa shape index (κ3) is 4.52. The first-order chi connectivity index (χ1) is 18.4. The van der Waals surface area contributed by atoms with Crippen LogP contribution < -0.4 is 20.3 Å². The number of nitrogens with zero attached hydrogens (tertiary/aromatic N) is 3. The van der Waals surface area contributed by atoms with Crippen molar-refractivity contribution < 1.29 is 13.9 Å². The first-order valence-corrected chi connectivity index (χ1v) is 12.8. The minimum Gasteiger partial charge on any atom is -0.453 e. The van der Waals surface area contributed by atoms with Crippen LogP contribution in [-0.2, 0) is 5.54 Å². The van der Waals surface area contributed by atoms with Gasteiger partial charge in [-0.05, 0) is 67.8 Å². The Kier molecular flexibility index (Phi) is 6.12. The Hall–Kier alpha value is -4.17. The fourth-order valence-corrected chi connectivity index (χ4v) is 4.82. The standard InChI is InChI=1S/C29H25ClFN5O2/c1-29(16-32-17-36(29)20-5-3-2-4-6-20)18-7-10-21-23(15-18)33-14-13-24(21)38-25-12-11-22(26(30)27(25)31)35-28(37)34-19-8-9-19/h2-7,10-15,17,19H,8-9,16H2,1H3,(H2,34,35,37). The summed E-state index contributed by atoms with van der Waals surface area (Å²) in [6.45, 7) is 2.75. The average Bonchev–Trinajstić information content (AvgIpc) is 3.65. The Labute approximate surface area is 224 Å². The highest BCUT2D eigenvalue weighted by molar-refractivity contribution is 6.34. The molecule has 6 rings (SSSR count). The van der Waals surface area contributed by atoms with Gasteiger partial charge in [-0.3, -0.25) is 9.98 Å². The third-order valence-corrected chi connectivity index (χ3v) is 7.28. The summed E-state index contributed by atoms with van der Waals surface area (Å²) in [5.74, 6) is -0.367. The third-order valence-electron chi connectivity index (χ3n) is 6.91. The van der Waals surface area contributed by atoms with E-state index < -0.39 is 11.8 Å². The summed E-state index contributed by atoms with van der Waals surface area (Å²) in [4.78, 5) is 23.3. The van der Waals surface area contributed by atoms with Crippen LogP contribution in [0.3, 0.4) is 0 Å². The number of fused-ring (bicyclic) bond motifs is 1. The van der Waals surface area contributed by atoms with Crippen LogP contribution in [0.25, 0.3) is 10.9 Å². The number of para-hydroxylation sites is 1. The summed E-state index contributed by atoms with van der Waals surface area (Å²) in [6.07, 6.45) is 5.39. The molecule has 2 amide bonds. The van der Waals surface area contributed by atoms with E-state index in [2.05, 4.69) is 44.6 Å². The molecule has 38 heavy (non-hydrogen) atoms. The number of ether oxygens (including phenoxy) is 1. The summed E-state index contributed by atoms with van der Waals surface area (Å²) in [5, 5.41) is 5.89. The van der Waals surface area contributed by atoms with Gasteiger partial charge in [-0.1, -0.05) is 35.9 Å². The SMILES string of the molecule is CC1(c2ccc3c(Oc4ccc(NC(=O)NC5CC5)c(Cl)c4F)ccnc3c2)CN=CN1c1ccccc1. The summed E-state index contributed by atoms with van der Waals surface area (Å²) < 4.78 is 21.1. The molecular weight excluding hydrogens is 505 g/mol. The van der Waals surface area contributed by atoms with Gasteiger partial charge in [0.1, 0.15) is 10.8 Å². The summed E-state index contributed by atoms with van der Waals surface area (Å²) in [6, 6.07) is 20.5. The average molecular weight is 530 g/mol. The molecule has 0 bridgehead atoms. The number of aliphatic imine (C=N–C) groups is 1. The number of rotatable bonds is 6. The van der Waals surface area contributed by atoms with Gasteiger partial charge in [-0.15, -0.1) is 0 Å². The van der Waals surface area contributed by atoms with Crippen molar-refractivity contribution in [2.45, 2.75) is 31.3 Å². The fraction of sp³-hybridized carbons (Fsp3) is 0.207. The molecule has 1 fully saturated rings. The fourth-order valence-electron chi connectivity index (χ4n) is 4.62. The van der Waals surface area contributed by atoms with Crippen molar-refractivity contribution in [3.8, 4) is 11.5 Å². The number of benzene rings is 3. The molecule has 1 aliphatic carbocycles. The molecule has 2 aliphatic rings. The maximum absolute atomic E-state index is 15.1. The maximum Gasteiger partial charge on any atom is 0.319 e. The van der Waals surface area contributed by atoms with Gasteiger partial charge in [0.2, 0.25) is 0 Å². The smallest absolute Gasteiger partial charge is 0.319 e. The largest absolute Gasteiger partial charge is 0.453 e. The molecule has 9 heteroatoms. The van der Waals surface area contributed by atoms with E-state index in [0.29, 0.717) is 17.8 Å². The van der Waals surface area contributed by atoms with Crippen molar-refractivity contribution in [2.24, 2.45) is 4.99 Å². The summed E-state index contributed by atoms with van der Waals surface area (Å²) in [7, 11) is 0. The Morgan fingerprint density at radius 1 is 1.11 bits per heavy atom. The zero-order chi connectivity index (χ0) is 26.3. The number of carbonyl (C=O) groups is 1. The lowest BCUT2D eigenvalue weighted by Crippen LogP contribution is -2.41. The van der Waals surface area contributed by atoms with E-state index >= 15 is 4.39 Å². The van der Waals surface area contributed by atoms with E-state index in [9.17, 15) is 4.79 Å². The van der Waals surface area contributed by atoms with Gasteiger partial charge in [0, 0.05) is 23.3 Å². The summed E-state index contributed by atoms with van der Waals surface area (Å²) >= 11 is 6.23. The van der Waals surface area contributed by atoms with E-state index in [1.54, 1.807) is 12.3 Å². The van der Waals surface area contributed by atoms with E-state index in [1.165, 1.54) is 12.1 Å².